The van der Waals surface area contributed by atoms with Gasteiger partial charge < -0.3 is 16.6 Å². The number of anilines is 1. The van der Waals surface area contributed by atoms with Gasteiger partial charge in [-0.3, -0.25) is 4.90 Å². The van der Waals surface area contributed by atoms with Crippen LogP contribution < -0.4 is 16.4 Å². The van der Waals surface area contributed by atoms with E-state index in [-0.39, 0.29) is 22.5 Å². The van der Waals surface area contributed by atoms with E-state index < -0.39 is 5.54 Å². The van der Waals surface area contributed by atoms with Crippen molar-refractivity contribution < 1.29 is 5.11 Å². The lowest BCUT2D eigenvalue weighted by Gasteiger charge is -2.57. The Morgan fingerprint density at radius 2 is 1.75 bits per heavy atom. The van der Waals surface area contributed by atoms with Crippen LogP contribution in [0.25, 0.3) is 0 Å². The Labute approximate surface area is 146 Å². The Kier molecular flexibility index (Phi) is 4.34. The van der Waals surface area contributed by atoms with E-state index in [4.69, 9.17) is 11.5 Å². The van der Waals surface area contributed by atoms with Gasteiger partial charge in [0.15, 0.2) is 5.96 Å². The van der Waals surface area contributed by atoms with E-state index in [1.165, 1.54) is 17.5 Å². The smallest absolute Gasteiger partial charge is 0.236 e. The summed E-state index contributed by atoms with van der Waals surface area (Å²) in [7, 11) is 0. The summed E-state index contributed by atoms with van der Waals surface area (Å²) in [6.07, 6.45) is 3.15. The lowest BCUT2D eigenvalue weighted by Crippen LogP contribution is -2.66. The van der Waals surface area contributed by atoms with Gasteiger partial charge in [0.05, 0.1) is 12.5 Å². The second kappa shape index (κ2) is 5.73. The van der Waals surface area contributed by atoms with E-state index in [0.29, 0.717) is 10.3 Å². The quantitative estimate of drug-likeness (QED) is 0.555. The van der Waals surface area contributed by atoms with Crippen LogP contribution in [0, 0.1) is 10.8 Å². The highest BCUT2D eigenvalue weighted by Crippen LogP contribution is 2.54. The molecule has 0 amide bonds. The fourth-order valence-corrected chi connectivity index (χ4v) is 4.50. The van der Waals surface area contributed by atoms with Crippen molar-refractivity contribution in [1.82, 2.24) is 10.2 Å². The molecule has 0 bridgehead atoms. The Balaban J connectivity index is 2.66. The Morgan fingerprint density at radius 1 is 1.17 bits per heavy atom. The van der Waals surface area contributed by atoms with Crippen molar-refractivity contribution >= 4 is 33.9 Å². The van der Waals surface area contributed by atoms with Gasteiger partial charge in [0.2, 0.25) is 10.3 Å². The Morgan fingerprint density at radius 3 is 2.25 bits per heavy atom. The molecule has 1 aromatic rings. The zero-order chi connectivity index (χ0) is 18.3. The fraction of sp³-hybridized carbons (Fsp3) is 0.600. The highest BCUT2D eigenvalue weighted by molar-refractivity contribution is 7.18. The molecular weight excluding hydrogens is 326 g/mol. The van der Waals surface area contributed by atoms with Crippen molar-refractivity contribution in [3.05, 3.63) is 12.0 Å². The van der Waals surface area contributed by atoms with E-state index in [1.807, 2.05) is 4.90 Å². The van der Waals surface area contributed by atoms with Crippen molar-refractivity contribution in [3.63, 3.8) is 0 Å². The van der Waals surface area contributed by atoms with Crippen LogP contribution in [0.1, 0.15) is 41.5 Å². The largest absolute Gasteiger partial charge is 0.508 e. The summed E-state index contributed by atoms with van der Waals surface area (Å²) in [5.41, 5.74) is 9.37. The van der Waals surface area contributed by atoms with Crippen LogP contribution >= 0.6 is 11.3 Å². The van der Waals surface area contributed by atoms with Crippen LogP contribution in [-0.4, -0.2) is 33.1 Å². The molecule has 0 saturated heterocycles. The highest BCUT2D eigenvalue weighted by Gasteiger charge is 2.59. The average Bonchev–Trinajstić information content (AvgIpc) is 2.82. The number of aromatic nitrogens is 2. The molecule has 0 fully saturated rings. The molecule has 24 heavy (non-hydrogen) atoms. The van der Waals surface area contributed by atoms with Gasteiger partial charge in [-0.15, -0.1) is 10.2 Å². The molecule has 1 aliphatic rings. The van der Waals surface area contributed by atoms with Gasteiger partial charge in [-0.05, 0) is 10.8 Å². The molecule has 0 unspecified atom stereocenters. The summed E-state index contributed by atoms with van der Waals surface area (Å²) >= 11 is 1.23. The number of nitrogens with zero attached hydrogens (tertiary/aromatic N) is 5. The molecule has 0 radical (unpaired) electrons. The van der Waals surface area contributed by atoms with E-state index in [0.717, 1.165) is 0 Å². The minimum atomic E-state index is -0.767. The Hall–Kier alpha value is -2.16. The van der Waals surface area contributed by atoms with Crippen LogP contribution in [0.2, 0.25) is 0 Å². The number of nitrogens with two attached hydrogens (primary N) is 2. The van der Waals surface area contributed by atoms with Crippen LogP contribution in [-0.2, 0) is 0 Å². The van der Waals surface area contributed by atoms with Gasteiger partial charge in [-0.2, -0.15) is 4.99 Å². The predicted octanol–water partition coefficient (Wildman–Crippen LogP) is 2.52. The minimum Gasteiger partial charge on any atom is -0.508 e. The molecule has 0 aliphatic carbocycles. The third-order valence-corrected chi connectivity index (χ3v) is 4.93. The molecule has 2 heterocycles. The maximum Gasteiger partial charge on any atom is 0.236 e. The maximum atomic E-state index is 10.9. The van der Waals surface area contributed by atoms with Gasteiger partial charge in [0.25, 0.3) is 0 Å². The summed E-state index contributed by atoms with van der Waals surface area (Å²) < 4.78 is 0. The molecule has 8 nitrogen and oxygen atoms in total. The summed E-state index contributed by atoms with van der Waals surface area (Å²) in [4.78, 5) is 9.95. The fourth-order valence-electron chi connectivity index (χ4n) is 3.74. The summed E-state index contributed by atoms with van der Waals surface area (Å²) in [6, 6.07) is 0. The molecular formula is C15H25N7OS. The van der Waals surface area contributed by atoms with Crippen LogP contribution in [0.5, 0.6) is 0 Å². The average molecular weight is 351 g/mol. The first-order chi connectivity index (χ1) is 10.9. The highest BCUT2D eigenvalue weighted by atomic mass is 32.1. The topological polar surface area (TPSA) is 126 Å². The lowest BCUT2D eigenvalue weighted by molar-refractivity contribution is 0.0548. The van der Waals surface area contributed by atoms with E-state index in [2.05, 4.69) is 61.7 Å². The number of hydrogen-bond donors (Lipinski definition) is 3. The van der Waals surface area contributed by atoms with Crippen LogP contribution in [0.3, 0.4) is 0 Å². The number of rotatable bonds is 2. The van der Waals surface area contributed by atoms with Gasteiger partial charge >= 0.3 is 0 Å². The summed E-state index contributed by atoms with van der Waals surface area (Å²) in [6.45, 7) is 12.5. The van der Waals surface area contributed by atoms with Gasteiger partial charge in [0.1, 0.15) is 11.3 Å². The first kappa shape index (κ1) is 18.2. The number of hydrogen-bond acceptors (Lipinski definition) is 7. The van der Waals surface area contributed by atoms with Crippen molar-refractivity contribution in [3.8, 4) is 0 Å². The lowest BCUT2D eigenvalue weighted by atomic mass is 9.58. The van der Waals surface area contributed by atoms with Gasteiger partial charge in [-0.1, -0.05) is 52.9 Å². The Bertz CT molecular complexity index is 688. The number of aliphatic imine (C=N–C) groups is 2. The van der Waals surface area contributed by atoms with Gasteiger partial charge in [-0.25, -0.2) is 4.99 Å². The zero-order valence-electron chi connectivity index (χ0n) is 14.9. The monoisotopic (exact) mass is 351 g/mol. The zero-order valence-corrected chi connectivity index (χ0v) is 15.7. The molecule has 2 rings (SSSR count). The molecule has 132 valence electrons. The van der Waals surface area contributed by atoms with Crippen LogP contribution in [0.4, 0.5) is 10.3 Å². The first-order valence-electron chi connectivity index (χ1n) is 7.56. The third-order valence-electron chi connectivity index (χ3n) is 4.12. The molecule has 1 aromatic heterocycles. The number of aliphatic hydroxyl groups excluding tert-OH is 1. The molecule has 9 heteroatoms. The summed E-state index contributed by atoms with van der Waals surface area (Å²) in [5, 5.41) is 20.0. The van der Waals surface area contributed by atoms with E-state index in [9.17, 15) is 5.11 Å². The van der Waals surface area contributed by atoms with E-state index >= 15 is 0 Å². The third kappa shape index (κ3) is 2.72. The molecule has 0 saturated carbocycles. The second-order valence-electron chi connectivity index (χ2n) is 7.76. The second-order valence-corrected chi connectivity index (χ2v) is 8.70. The number of aliphatic hydroxyl groups is 1. The molecule has 0 atom stereocenters. The molecule has 0 aromatic carbocycles. The predicted molar refractivity (Wildman–Crippen MR) is 98.7 cm³/mol. The molecule has 0 spiro atoms. The summed E-state index contributed by atoms with van der Waals surface area (Å²) in [5.74, 6) is 0.106. The van der Waals surface area contributed by atoms with Crippen molar-refractivity contribution in [2.24, 2.45) is 32.3 Å². The van der Waals surface area contributed by atoms with Crippen molar-refractivity contribution in [2.75, 3.05) is 4.90 Å². The van der Waals surface area contributed by atoms with Crippen LogP contribution in [0.15, 0.2) is 21.9 Å². The molecule has 1 aliphatic heterocycles. The standard InChI is InChI=1S/C15H25N7OS/c1-13(2,3)15(14(4,5)6)9(23)7-18-8-22(15)12-21-20-11(24-12)19-10(16)17/h7-8,23H,1-6H3,(H4,16,17,19,20). The number of guanidine groups is 1. The van der Waals surface area contributed by atoms with Crippen molar-refractivity contribution in [2.45, 2.75) is 47.1 Å². The molecule has 5 N–H and O–H groups in total. The normalized spacial score (nSPS) is 17.6. The van der Waals surface area contributed by atoms with Gasteiger partial charge in [0, 0.05) is 0 Å². The SMILES string of the molecule is CC(C)(C)C1(C(C)(C)C)C(O)=CN=CN1c1nnc(N=C(N)N)s1. The minimum absolute atomic E-state index is 0.0781. The first-order valence-corrected chi connectivity index (χ1v) is 8.38. The maximum absolute atomic E-state index is 10.9. The van der Waals surface area contributed by atoms with Crippen molar-refractivity contribution in [1.29, 1.82) is 0 Å². The van der Waals surface area contributed by atoms with E-state index in [1.54, 1.807) is 6.34 Å².